The van der Waals surface area contributed by atoms with Crippen LogP contribution in [0.15, 0.2) is 18.2 Å². The Kier molecular flexibility index (Phi) is 6.72. The summed E-state index contributed by atoms with van der Waals surface area (Å²) in [5, 5.41) is 5.92. The zero-order valence-electron chi connectivity index (χ0n) is 18.8. The number of amides is 4. The number of hydrogen-bond acceptors (Lipinski definition) is 5. The Labute approximate surface area is 188 Å². The summed E-state index contributed by atoms with van der Waals surface area (Å²) in [7, 11) is 0. The molecule has 2 fully saturated rings. The summed E-state index contributed by atoms with van der Waals surface area (Å²) in [5.74, 6) is 0.787. The topological polar surface area (TPSA) is 100 Å². The normalized spacial score (nSPS) is 19.2. The number of fused-ring (bicyclic) bond motifs is 1. The van der Waals surface area contributed by atoms with Crippen LogP contribution in [0.25, 0.3) is 0 Å². The molecule has 9 heteroatoms. The highest BCUT2D eigenvalue weighted by Crippen LogP contribution is 2.32. The van der Waals surface area contributed by atoms with Gasteiger partial charge in [0.05, 0.1) is 0 Å². The van der Waals surface area contributed by atoms with Crippen molar-refractivity contribution < 1.29 is 23.9 Å². The quantitative estimate of drug-likeness (QED) is 0.723. The number of piperidine rings is 1. The van der Waals surface area contributed by atoms with E-state index in [0.29, 0.717) is 43.0 Å². The first-order chi connectivity index (χ1) is 15.4. The van der Waals surface area contributed by atoms with Gasteiger partial charge in [0, 0.05) is 37.8 Å². The maximum Gasteiger partial charge on any atom is 0.317 e. The molecule has 1 unspecified atom stereocenters. The van der Waals surface area contributed by atoms with E-state index in [1.807, 2.05) is 18.7 Å². The highest BCUT2D eigenvalue weighted by atomic mass is 16.7. The number of urea groups is 1. The smallest absolute Gasteiger partial charge is 0.317 e. The van der Waals surface area contributed by atoms with Gasteiger partial charge in [0.15, 0.2) is 11.5 Å². The largest absolute Gasteiger partial charge is 0.454 e. The summed E-state index contributed by atoms with van der Waals surface area (Å²) in [5.41, 5.74) is 0.433. The van der Waals surface area contributed by atoms with Crippen molar-refractivity contribution in [2.45, 2.75) is 51.6 Å². The van der Waals surface area contributed by atoms with E-state index in [2.05, 4.69) is 10.6 Å². The second kappa shape index (κ2) is 9.67. The molecule has 2 N–H and O–H groups in total. The first-order valence-electron chi connectivity index (χ1n) is 11.5. The zero-order valence-corrected chi connectivity index (χ0v) is 18.8. The van der Waals surface area contributed by atoms with Crippen molar-refractivity contribution in [1.29, 1.82) is 0 Å². The fraction of sp³-hybridized carbons (Fsp3) is 0.609. The van der Waals surface area contributed by atoms with E-state index in [1.54, 1.807) is 23.1 Å². The Morgan fingerprint density at radius 1 is 0.938 bits per heavy atom. The molecule has 3 aliphatic rings. The molecule has 9 nitrogen and oxygen atoms in total. The average Bonchev–Trinajstić information content (AvgIpc) is 3.48. The van der Waals surface area contributed by atoms with E-state index in [1.165, 1.54) is 0 Å². The molecule has 1 aromatic carbocycles. The monoisotopic (exact) mass is 444 g/mol. The number of benzene rings is 1. The first-order valence-corrected chi connectivity index (χ1v) is 11.5. The van der Waals surface area contributed by atoms with Gasteiger partial charge in [-0.3, -0.25) is 9.59 Å². The molecule has 1 atom stereocenters. The summed E-state index contributed by atoms with van der Waals surface area (Å²) in [6.45, 7) is 6.58. The summed E-state index contributed by atoms with van der Waals surface area (Å²) in [4.78, 5) is 42.4. The Bertz CT molecular complexity index is 860. The Morgan fingerprint density at radius 3 is 2.31 bits per heavy atom. The molecule has 0 spiro atoms. The molecule has 0 aromatic heterocycles. The molecule has 0 bridgehead atoms. The van der Waals surface area contributed by atoms with Gasteiger partial charge in [0.1, 0.15) is 6.04 Å². The van der Waals surface area contributed by atoms with Crippen LogP contribution in [0, 0.1) is 5.92 Å². The van der Waals surface area contributed by atoms with Gasteiger partial charge >= 0.3 is 6.03 Å². The van der Waals surface area contributed by atoms with Crippen LogP contribution >= 0.6 is 0 Å². The summed E-state index contributed by atoms with van der Waals surface area (Å²) in [6.07, 6.45) is 3.30. The Morgan fingerprint density at radius 2 is 1.62 bits per heavy atom. The average molecular weight is 445 g/mol. The minimum absolute atomic E-state index is 0.0239. The minimum atomic E-state index is -0.610. The number of rotatable bonds is 5. The van der Waals surface area contributed by atoms with Gasteiger partial charge in [-0.2, -0.15) is 0 Å². The molecule has 3 aliphatic heterocycles. The molecule has 0 aliphatic carbocycles. The number of carbonyl (C=O) groups is 3. The summed E-state index contributed by atoms with van der Waals surface area (Å²) < 4.78 is 10.7. The van der Waals surface area contributed by atoms with Crippen LogP contribution in [0.2, 0.25) is 0 Å². The van der Waals surface area contributed by atoms with Crippen molar-refractivity contribution in [3.05, 3.63) is 23.8 Å². The summed E-state index contributed by atoms with van der Waals surface area (Å²) >= 11 is 0. The maximum atomic E-state index is 13.3. The molecule has 3 heterocycles. The fourth-order valence-corrected chi connectivity index (χ4v) is 4.55. The predicted octanol–water partition coefficient (Wildman–Crippen LogP) is 1.97. The number of nitrogens with zero attached hydrogens (tertiary/aromatic N) is 2. The van der Waals surface area contributed by atoms with Crippen LogP contribution in [0.5, 0.6) is 11.5 Å². The van der Waals surface area contributed by atoms with Gasteiger partial charge in [0.25, 0.3) is 5.91 Å². The van der Waals surface area contributed by atoms with Gasteiger partial charge in [0.2, 0.25) is 12.7 Å². The molecule has 4 rings (SSSR count). The molecule has 4 amide bonds. The molecular weight excluding hydrogens is 412 g/mol. The maximum absolute atomic E-state index is 13.3. The SMILES string of the molecule is CC(C)NC(=O)N1CCC(C(NC(=O)c2ccc3c(c2)OCO3)C(=O)N2CCCC2)CC1. The van der Waals surface area contributed by atoms with E-state index in [0.717, 1.165) is 25.9 Å². The van der Waals surface area contributed by atoms with E-state index >= 15 is 0 Å². The van der Waals surface area contributed by atoms with Crippen LogP contribution in [0.1, 0.15) is 49.9 Å². The minimum Gasteiger partial charge on any atom is -0.454 e. The lowest BCUT2D eigenvalue weighted by Crippen LogP contribution is -2.55. The van der Waals surface area contributed by atoms with Crippen LogP contribution in [0.4, 0.5) is 4.79 Å². The standard InChI is InChI=1S/C23H32N4O5/c1-15(2)24-23(30)27-11-7-16(8-12-27)20(22(29)26-9-3-4-10-26)25-21(28)17-5-6-18-19(13-17)32-14-31-18/h5-6,13,15-16,20H,3-4,7-12,14H2,1-2H3,(H,24,30)(H,25,28). The lowest BCUT2D eigenvalue weighted by Gasteiger charge is -2.37. The van der Waals surface area contributed by atoms with Gasteiger partial charge in [-0.25, -0.2) is 4.79 Å². The van der Waals surface area contributed by atoms with Gasteiger partial charge in [-0.05, 0) is 63.6 Å². The predicted molar refractivity (Wildman–Crippen MR) is 118 cm³/mol. The van der Waals surface area contributed by atoms with Gasteiger partial charge in [-0.1, -0.05) is 0 Å². The van der Waals surface area contributed by atoms with E-state index < -0.39 is 6.04 Å². The van der Waals surface area contributed by atoms with Crippen LogP contribution in [-0.2, 0) is 4.79 Å². The number of likely N-dealkylation sites (tertiary alicyclic amines) is 2. The molecule has 2 saturated heterocycles. The number of hydrogen-bond donors (Lipinski definition) is 2. The molecule has 1 aromatic rings. The van der Waals surface area contributed by atoms with Crippen LogP contribution in [-0.4, -0.2) is 72.7 Å². The van der Waals surface area contributed by atoms with Crippen molar-refractivity contribution in [3.8, 4) is 11.5 Å². The second-order valence-electron chi connectivity index (χ2n) is 8.98. The summed E-state index contributed by atoms with van der Waals surface area (Å²) in [6, 6.07) is 4.42. The van der Waals surface area contributed by atoms with Gasteiger partial charge in [-0.15, -0.1) is 0 Å². The van der Waals surface area contributed by atoms with Crippen molar-refractivity contribution in [1.82, 2.24) is 20.4 Å². The fourth-order valence-electron chi connectivity index (χ4n) is 4.55. The molecule has 32 heavy (non-hydrogen) atoms. The number of nitrogens with one attached hydrogen (secondary N) is 2. The van der Waals surface area contributed by atoms with Crippen LogP contribution in [0.3, 0.4) is 0 Å². The first kappa shape index (κ1) is 22.2. The zero-order chi connectivity index (χ0) is 22.7. The lowest BCUT2D eigenvalue weighted by atomic mass is 9.88. The number of ether oxygens (including phenoxy) is 2. The van der Waals surface area contributed by atoms with Crippen LogP contribution < -0.4 is 20.1 Å². The third-order valence-electron chi connectivity index (χ3n) is 6.32. The number of carbonyl (C=O) groups excluding carboxylic acids is 3. The highest BCUT2D eigenvalue weighted by molar-refractivity contribution is 5.98. The molecular formula is C23H32N4O5. The van der Waals surface area contributed by atoms with E-state index in [-0.39, 0.29) is 36.6 Å². The van der Waals surface area contributed by atoms with Crippen molar-refractivity contribution >= 4 is 17.8 Å². The van der Waals surface area contributed by atoms with Crippen molar-refractivity contribution in [2.24, 2.45) is 5.92 Å². The lowest BCUT2D eigenvalue weighted by molar-refractivity contribution is -0.134. The Hall–Kier alpha value is -2.97. The third kappa shape index (κ3) is 4.92. The van der Waals surface area contributed by atoms with E-state index in [9.17, 15) is 14.4 Å². The second-order valence-corrected chi connectivity index (χ2v) is 8.98. The molecule has 174 valence electrons. The molecule has 0 saturated carbocycles. The Balaban J connectivity index is 1.45. The highest BCUT2D eigenvalue weighted by Gasteiger charge is 2.37. The van der Waals surface area contributed by atoms with E-state index in [4.69, 9.17) is 9.47 Å². The third-order valence-corrected chi connectivity index (χ3v) is 6.32. The van der Waals surface area contributed by atoms with Crippen molar-refractivity contribution in [3.63, 3.8) is 0 Å². The van der Waals surface area contributed by atoms with Crippen molar-refractivity contribution in [2.75, 3.05) is 33.0 Å². The molecule has 0 radical (unpaired) electrons. The van der Waals surface area contributed by atoms with Gasteiger partial charge < -0.3 is 29.9 Å².